The second kappa shape index (κ2) is 8.95. The van der Waals surface area contributed by atoms with Crippen molar-refractivity contribution in [3.8, 4) is 11.5 Å². The van der Waals surface area contributed by atoms with Crippen molar-refractivity contribution in [3.63, 3.8) is 0 Å². The molecule has 1 atom stereocenters. The van der Waals surface area contributed by atoms with Gasteiger partial charge in [0, 0.05) is 10.9 Å². The SMILES string of the molecule is CC(COC(N)=O)NC(=O)c1ccc2c(Oc3ccc(C(F)(F)F)cc3)cccc2c1. The normalized spacial score (nSPS) is 12.3. The molecule has 2 amide bonds. The number of fused-ring (bicyclic) bond motifs is 1. The Labute approximate surface area is 175 Å². The molecule has 162 valence electrons. The molecular weight excluding hydrogens is 413 g/mol. The number of ether oxygens (including phenoxy) is 2. The van der Waals surface area contributed by atoms with E-state index in [0.717, 1.165) is 12.1 Å². The highest BCUT2D eigenvalue weighted by Gasteiger charge is 2.30. The summed E-state index contributed by atoms with van der Waals surface area (Å²) in [5.41, 5.74) is 4.52. The Morgan fingerprint density at radius 2 is 1.77 bits per heavy atom. The van der Waals surface area contributed by atoms with Gasteiger partial charge in [0.05, 0.1) is 11.6 Å². The van der Waals surface area contributed by atoms with Crippen LogP contribution in [0.3, 0.4) is 0 Å². The van der Waals surface area contributed by atoms with Crippen LogP contribution >= 0.6 is 0 Å². The van der Waals surface area contributed by atoms with Crippen molar-refractivity contribution in [2.24, 2.45) is 5.73 Å². The minimum atomic E-state index is -4.42. The fourth-order valence-electron chi connectivity index (χ4n) is 2.88. The molecule has 0 saturated carbocycles. The number of carbonyl (C=O) groups excluding carboxylic acids is 2. The molecule has 31 heavy (non-hydrogen) atoms. The Kier molecular flexibility index (Phi) is 6.33. The van der Waals surface area contributed by atoms with Gasteiger partial charge in [-0.2, -0.15) is 13.2 Å². The zero-order valence-electron chi connectivity index (χ0n) is 16.4. The van der Waals surface area contributed by atoms with E-state index in [1.54, 1.807) is 43.3 Å². The highest BCUT2D eigenvalue weighted by molar-refractivity contribution is 6.00. The molecule has 3 rings (SSSR count). The molecule has 1 unspecified atom stereocenters. The summed E-state index contributed by atoms with van der Waals surface area (Å²) in [6.45, 7) is 1.61. The number of carbonyl (C=O) groups is 2. The molecule has 3 aromatic carbocycles. The summed E-state index contributed by atoms with van der Waals surface area (Å²) in [6.07, 6.45) is -5.34. The topological polar surface area (TPSA) is 90.6 Å². The first-order valence-electron chi connectivity index (χ1n) is 9.24. The summed E-state index contributed by atoms with van der Waals surface area (Å²) < 4.78 is 48.5. The quantitative estimate of drug-likeness (QED) is 0.582. The van der Waals surface area contributed by atoms with Gasteiger partial charge in [-0.15, -0.1) is 0 Å². The van der Waals surface area contributed by atoms with Crippen LogP contribution in [-0.4, -0.2) is 24.6 Å². The number of hydrogen-bond donors (Lipinski definition) is 2. The number of alkyl halides is 3. The molecule has 0 aliphatic heterocycles. The van der Waals surface area contributed by atoms with Crippen molar-refractivity contribution in [1.82, 2.24) is 5.32 Å². The van der Waals surface area contributed by atoms with Gasteiger partial charge in [0.15, 0.2) is 0 Å². The third-order valence-electron chi connectivity index (χ3n) is 4.37. The van der Waals surface area contributed by atoms with Crippen LogP contribution in [0.5, 0.6) is 11.5 Å². The average molecular weight is 432 g/mol. The van der Waals surface area contributed by atoms with Crippen molar-refractivity contribution >= 4 is 22.8 Å². The molecular formula is C22H19F3N2O4. The van der Waals surface area contributed by atoms with E-state index in [4.69, 9.17) is 10.5 Å². The minimum Gasteiger partial charge on any atom is -0.457 e. The zero-order valence-corrected chi connectivity index (χ0v) is 16.4. The number of nitrogens with two attached hydrogens (primary N) is 1. The zero-order chi connectivity index (χ0) is 22.6. The monoisotopic (exact) mass is 432 g/mol. The molecule has 6 nitrogen and oxygen atoms in total. The van der Waals surface area contributed by atoms with Crippen molar-refractivity contribution in [2.45, 2.75) is 19.1 Å². The molecule has 0 spiro atoms. The van der Waals surface area contributed by atoms with Crippen LogP contribution in [0.25, 0.3) is 10.8 Å². The van der Waals surface area contributed by atoms with E-state index in [-0.39, 0.29) is 18.3 Å². The smallest absolute Gasteiger partial charge is 0.416 e. The molecule has 0 fully saturated rings. The van der Waals surface area contributed by atoms with Gasteiger partial charge in [-0.3, -0.25) is 4.79 Å². The van der Waals surface area contributed by atoms with Crippen LogP contribution in [0.1, 0.15) is 22.8 Å². The van der Waals surface area contributed by atoms with E-state index in [9.17, 15) is 22.8 Å². The maximum Gasteiger partial charge on any atom is 0.416 e. The number of halogens is 3. The predicted octanol–water partition coefficient (Wildman–Crippen LogP) is 4.86. The van der Waals surface area contributed by atoms with E-state index >= 15 is 0 Å². The molecule has 0 saturated heterocycles. The van der Waals surface area contributed by atoms with Crippen LogP contribution in [-0.2, 0) is 10.9 Å². The molecule has 0 radical (unpaired) electrons. The van der Waals surface area contributed by atoms with Crippen LogP contribution in [0.15, 0.2) is 60.7 Å². The molecule has 0 heterocycles. The van der Waals surface area contributed by atoms with E-state index in [1.807, 2.05) is 0 Å². The van der Waals surface area contributed by atoms with Gasteiger partial charge in [0.1, 0.15) is 18.1 Å². The highest BCUT2D eigenvalue weighted by atomic mass is 19.4. The Balaban J connectivity index is 1.77. The van der Waals surface area contributed by atoms with Crippen LogP contribution in [0, 0.1) is 0 Å². The summed E-state index contributed by atoms with van der Waals surface area (Å²) in [5.74, 6) is 0.328. The first-order valence-corrected chi connectivity index (χ1v) is 9.24. The Bertz CT molecular complexity index is 1100. The average Bonchev–Trinajstić information content (AvgIpc) is 2.72. The third kappa shape index (κ3) is 5.65. The number of primary amides is 1. The number of benzene rings is 3. The fourth-order valence-corrected chi connectivity index (χ4v) is 2.88. The van der Waals surface area contributed by atoms with E-state index in [0.29, 0.717) is 22.1 Å². The number of rotatable bonds is 6. The molecule has 0 aliphatic carbocycles. The Hall–Kier alpha value is -3.75. The van der Waals surface area contributed by atoms with E-state index in [2.05, 4.69) is 10.1 Å². The lowest BCUT2D eigenvalue weighted by Gasteiger charge is -2.14. The Morgan fingerprint density at radius 1 is 1.06 bits per heavy atom. The van der Waals surface area contributed by atoms with Crippen molar-refractivity contribution in [3.05, 3.63) is 71.8 Å². The van der Waals surface area contributed by atoms with Gasteiger partial charge in [0.25, 0.3) is 5.91 Å². The predicted molar refractivity (Wildman–Crippen MR) is 108 cm³/mol. The summed E-state index contributed by atoms with van der Waals surface area (Å²) in [7, 11) is 0. The fraction of sp³-hybridized carbons (Fsp3) is 0.182. The lowest BCUT2D eigenvalue weighted by atomic mass is 10.1. The summed E-state index contributed by atoms with van der Waals surface area (Å²) >= 11 is 0. The van der Waals surface area contributed by atoms with Crippen molar-refractivity contribution in [1.29, 1.82) is 0 Å². The number of nitrogens with one attached hydrogen (secondary N) is 1. The van der Waals surface area contributed by atoms with Crippen LogP contribution < -0.4 is 15.8 Å². The lowest BCUT2D eigenvalue weighted by molar-refractivity contribution is -0.137. The minimum absolute atomic E-state index is 0.0558. The highest BCUT2D eigenvalue weighted by Crippen LogP contribution is 2.33. The molecule has 0 bridgehead atoms. The molecule has 9 heteroatoms. The van der Waals surface area contributed by atoms with Crippen molar-refractivity contribution < 1.29 is 32.2 Å². The lowest BCUT2D eigenvalue weighted by Crippen LogP contribution is -2.37. The van der Waals surface area contributed by atoms with Gasteiger partial charge < -0.3 is 20.5 Å². The number of amides is 2. The maximum atomic E-state index is 12.7. The number of hydrogen-bond acceptors (Lipinski definition) is 4. The molecule has 0 aromatic heterocycles. The summed E-state index contributed by atoms with van der Waals surface area (Å²) in [6, 6.07) is 14.1. The van der Waals surface area contributed by atoms with Crippen LogP contribution in [0.2, 0.25) is 0 Å². The van der Waals surface area contributed by atoms with Gasteiger partial charge >= 0.3 is 12.3 Å². The summed E-state index contributed by atoms with van der Waals surface area (Å²) in [5, 5.41) is 4.08. The second-order valence-electron chi connectivity index (χ2n) is 6.82. The summed E-state index contributed by atoms with van der Waals surface area (Å²) in [4.78, 5) is 23.1. The Morgan fingerprint density at radius 3 is 2.42 bits per heavy atom. The second-order valence-corrected chi connectivity index (χ2v) is 6.82. The first-order chi connectivity index (χ1) is 14.6. The molecule has 3 N–H and O–H groups in total. The van der Waals surface area contributed by atoms with Gasteiger partial charge in [-0.05, 0) is 60.8 Å². The first kappa shape index (κ1) is 21.9. The van der Waals surface area contributed by atoms with Gasteiger partial charge in [0.2, 0.25) is 0 Å². The van der Waals surface area contributed by atoms with Gasteiger partial charge in [-0.25, -0.2) is 4.79 Å². The largest absolute Gasteiger partial charge is 0.457 e. The molecule has 0 aliphatic rings. The standard InChI is InChI=1S/C22H19F3N2O4/c1-13(12-30-21(26)29)27-20(28)15-5-10-18-14(11-15)3-2-4-19(18)31-17-8-6-16(7-9-17)22(23,24)25/h2-11,13H,12H2,1H3,(H2,26,29)(H,27,28). The third-order valence-corrected chi connectivity index (χ3v) is 4.37. The van der Waals surface area contributed by atoms with E-state index in [1.165, 1.54) is 12.1 Å². The molecule has 3 aromatic rings. The van der Waals surface area contributed by atoms with E-state index < -0.39 is 23.9 Å². The van der Waals surface area contributed by atoms with Gasteiger partial charge in [-0.1, -0.05) is 12.1 Å². The maximum absolute atomic E-state index is 12.7. The van der Waals surface area contributed by atoms with Crippen LogP contribution in [0.4, 0.5) is 18.0 Å². The van der Waals surface area contributed by atoms with Crippen molar-refractivity contribution in [2.75, 3.05) is 6.61 Å².